The molecule has 0 aromatic heterocycles. The van der Waals surface area contributed by atoms with Gasteiger partial charge in [0.05, 0.1) is 0 Å². The second-order valence-electron chi connectivity index (χ2n) is 6.59. The standard InChI is InChI=1S/C20H16O4/c21-15-8-14-17-12(18(15)22)6-5-11-10-4-2-1-3-9(10)7-13(16(11)17)19(23)20(14)24/h1-8,15,18-24H/t15-,18-,19-,20-/m1/s1. The van der Waals surface area contributed by atoms with Gasteiger partial charge >= 0.3 is 0 Å². The Morgan fingerprint density at radius 3 is 2.33 bits per heavy atom. The van der Waals surface area contributed by atoms with Crippen LogP contribution in [-0.4, -0.2) is 32.6 Å². The van der Waals surface area contributed by atoms with Gasteiger partial charge in [0.25, 0.3) is 0 Å². The van der Waals surface area contributed by atoms with Crippen LogP contribution in [0.25, 0.3) is 27.1 Å². The van der Waals surface area contributed by atoms with E-state index in [0.717, 1.165) is 27.1 Å². The van der Waals surface area contributed by atoms with Gasteiger partial charge in [0.2, 0.25) is 0 Å². The van der Waals surface area contributed by atoms with Gasteiger partial charge in [-0.15, -0.1) is 0 Å². The van der Waals surface area contributed by atoms with Crippen LogP contribution in [0.5, 0.6) is 0 Å². The summed E-state index contributed by atoms with van der Waals surface area (Å²) in [6.45, 7) is 0. The molecular weight excluding hydrogens is 304 g/mol. The predicted molar refractivity (Wildman–Crippen MR) is 91.4 cm³/mol. The van der Waals surface area contributed by atoms with Crippen molar-refractivity contribution in [1.29, 1.82) is 0 Å². The molecule has 0 fully saturated rings. The Bertz CT molecular complexity index is 1040. The van der Waals surface area contributed by atoms with Crippen LogP contribution < -0.4 is 0 Å². The Labute approximate surface area is 137 Å². The van der Waals surface area contributed by atoms with Gasteiger partial charge in [-0.1, -0.05) is 36.4 Å². The van der Waals surface area contributed by atoms with Gasteiger partial charge in [0.1, 0.15) is 24.4 Å². The molecule has 3 aromatic carbocycles. The van der Waals surface area contributed by atoms with E-state index in [-0.39, 0.29) is 0 Å². The maximum absolute atomic E-state index is 10.6. The molecule has 0 unspecified atom stereocenters. The first kappa shape index (κ1) is 14.1. The molecular formula is C20H16O4. The number of fused-ring (bicyclic) bond motifs is 2. The van der Waals surface area contributed by atoms with Crippen LogP contribution in [0.15, 0.2) is 48.5 Å². The zero-order chi connectivity index (χ0) is 16.6. The molecule has 5 rings (SSSR count). The summed E-state index contributed by atoms with van der Waals surface area (Å²) in [6, 6.07) is 13.5. The van der Waals surface area contributed by atoms with Gasteiger partial charge in [-0.2, -0.15) is 0 Å². The van der Waals surface area contributed by atoms with Gasteiger partial charge < -0.3 is 20.4 Å². The number of aliphatic hydroxyl groups is 4. The fourth-order valence-electron chi connectivity index (χ4n) is 4.17. The minimum absolute atomic E-state index is 0.490. The Morgan fingerprint density at radius 1 is 0.708 bits per heavy atom. The lowest BCUT2D eigenvalue weighted by Gasteiger charge is -2.36. The van der Waals surface area contributed by atoms with Crippen molar-refractivity contribution in [3.63, 3.8) is 0 Å². The quantitative estimate of drug-likeness (QED) is 0.479. The van der Waals surface area contributed by atoms with Crippen molar-refractivity contribution in [3.8, 4) is 0 Å². The monoisotopic (exact) mass is 320 g/mol. The van der Waals surface area contributed by atoms with Crippen molar-refractivity contribution in [2.45, 2.75) is 24.4 Å². The van der Waals surface area contributed by atoms with Gasteiger partial charge in [-0.3, -0.25) is 0 Å². The Morgan fingerprint density at radius 2 is 1.50 bits per heavy atom. The van der Waals surface area contributed by atoms with Gasteiger partial charge in [0, 0.05) is 0 Å². The van der Waals surface area contributed by atoms with Crippen LogP contribution in [0.2, 0.25) is 0 Å². The fourth-order valence-corrected chi connectivity index (χ4v) is 4.17. The molecule has 0 bridgehead atoms. The number of rotatable bonds is 0. The average molecular weight is 320 g/mol. The lowest BCUT2D eigenvalue weighted by Crippen LogP contribution is -2.31. The third-order valence-corrected chi connectivity index (χ3v) is 5.31. The van der Waals surface area contributed by atoms with Crippen LogP contribution >= 0.6 is 0 Å². The highest BCUT2D eigenvalue weighted by molar-refractivity contribution is 6.14. The summed E-state index contributed by atoms with van der Waals surface area (Å²) in [5.74, 6) is 0. The van der Waals surface area contributed by atoms with Crippen molar-refractivity contribution in [3.05, 3.63) is 65.2 Å². The maximum Gasteiger partial charge on any atom is 0.110 e. The van der Waals surface area contributed by atoms with Crippen LogP contribution in [0.1, 0.15) is 28.9 Å². The smallest absolute Gasteiger partial charge is 0.110 e. The van der Waals surface area contributed by atoms with Crippen LogP contribution in [-0.2, 0) is 0 Å². The van der Waals surface area contributed by atoms with Crippen molar-refractivity contribution in [2.24, 2.45) is 0 Å². The van der Waals surface area contributed by atoms with E-state index in [1.807, 2.05) is 36.4 Å². The molecule has 2 aliphatic rings. The molecule has 24 heavy (non-hydrogen) atoms. The third-order valence-electron chi connectivity index (χ3n) is 5.31. The SMILES string of the molecule is O[C@@H]1C=C2c3c(ccc4c3c(cc3ccccc34)[C@@H](O)[C@@H]2O)[C@H]1O. The van der Waals surface area contributed by atoms with E-state index in [0.29, 0.717) is 16.7 Å². The molecule has 0 saturated heterocycles. The Hall–Kier alpha value is -2.24. The molecule has 0 amide bonds. The van der Waals surface area contributed by atoms with E-state index in [4.69, 9.17) is 0 Å². The molecule has 120 valence electrons. The molecule has 2 aliphatic carbocycles. The summed E-state index contributed by atoms with van der Waals surface area (Å²) in [4.78, 5) is 0. The normalized spacial score (nSPS) is 28.2. The predicted octanol–water partition coefficient (Wildman–Crippen LogP) is 2.19. The zero-order valence-corrected chi connectivity index (χ0v) is 12.7. The van der Waals surface area contributed by atoms with Crippen molar-refractivity contribution < 1.29 is 20.4 Å². The van der Waals surface area contributed by atoms with Crippen molar-refractivity contribution in [1.82, 2.24) is 0 Å². The van der Waals surface area contributed by atoms with E-state index < -0.39 is 24.4 Å². The minimum Gasteiger partial charge on any atom is -0.386 e. The first-order valence-electron chi connectivity index (χ1n) is 8.00. The van der Waals surface area contributed by atoms with Crippen LogP contribution in [0, 0.1) is 0 Å². The van der Waals surface area contributed by atoms with Crippen LogP contribution in [0.3, 0.4) is 0 Å². The lowest BCUT2D eigenvalue weighted by molar-refractivity contribution is 0.0363. The lowest BCUT2D eigenvalue weighted by atomic mass is 9.74. The molecule has 0 heterocycles. The summed E-state index contributed by atoms with van der Waals surface area (Å²) in [5.41, 5.74) is 2.48. The first-order valence-corrected chi connectivity index (χ1v) is 8.00. The minimum atomic E-state index is -1.12. The molecule has 4 heteroatoms. The molecule has 4 nitrogen and oxygen atoms in total. The van der Waals surface area contributed by atoms with E-state index in [2.05, 4.69) is 0 Å². The maximum atomic E-state index is 10.6. The number of hydrogen-bond donors (Lipinski definition) is 4. The van der Waals surface area contributed by atoms with Crippen LogP contribution in [0.4, 0.5) is 0 Å². The molecule has 0 saturated carbocycles. The number of aliphatic hydroxyl groups excluding tert-OH is 4. The fraction of sp³-hybridized carbons (Fsp3) is 0.200. The summed E-state index contributed by atoms with van der Waals surface area (Å²) in [5, 5.41) is 45.5. The van der Waals surface area contributed by atoms with E-state index in [9.17, 15) is 20.4 Å². The highest BCUT2D eigenvalue weighted by atomic mass is 16.3. The van der Waals surface area contributed by atoms with Crippen molar-refractivity contribution >= 4 is 27.1 Å². The third kappa shape index (κ3) is 1.61. The zero-order valence-electron chi connectivity index (χ0n) is 12.7. The number of benzene rings is 3. The van der Waals surface area contributed by atoms with Gasteiger partial charge in [-0.25, -0.2) is 0 Å². The van der Waals surface area contributed by atoms with E-state index in [1.165, 1.54) is 6.08 Å². The average Bonchev–Trinajstić information content (AvgIpc) is 2.61. The second kappa shape index (κ2) is 4.65. The number of hydrogen-bond acceptors (Lipinski definition) is 4. The van der Waals surface area contributed by atoms with Crippen molar-refractivity contribution in [2.75, 3.05) is 0 Å². The largest absolute Gasteiger partial charge is 0.386 e. The summed E-state index contributed by atoms with van der Waals surface area (Å²) in [7, 11) is 0. The highest BCUT2D eigenvalue weighted by Gasteiger charge is 2.38. The first-order chi connectivity index (χ1) is 11.6. The molecule has 3 aromatic rings. The Balaban J connectivity index is 2.03. The Kier molecular flexibility index (Phi) is 2.74. The topological polar surface area (TPSA) is 80.9 Å². The van der Waals surface area contributed by atoms with Gasteiger partial charge in [0.15, 0.2) is 0 Å². The molecule has 4 N–H and O–H groups in total. The highest BCUT2D eigenvalue weighted by Crippen LogP contribution is 2.49. The second-order valence-corrected chi connectivity index (χ2v) is 6.59. The summed E-state index contributed by atoms with van der Waals surface area (Å²) < 4.78 is 0. The summed E-state index contributed by atoms with van der Waals surface area (Å²) >= 11 is 0. The molecule has 0 spiro atoms. The molecule has 4 atom stereocenters. The molecule has 0 radical (unpaired) electrons. The van der Waals surface area contributed by atoms with Gasteiger partial charge in [-0.05, 0) is 56.0 Å². The summed E-state index contributed by atoms with van der Waals surface area (Å²) in [6.07, 6.45) is -2.85. The van der Waals surface area contributed by atoms with E-state index >= 15 is 0 Å². The molecule has 0 aliphatic heterocycles. The van der Waals surface area contributed by atoms with E-state index in [1.54, 1.807) is 6.07 Å².